The van der Waals surface area contributed by atoms with Gasteiger partial charge in [-0.3, -0.25) is 5.41 Å². The van der Waals surface area contributed by atoms with Gasteiger partial charge in [-0.2, -0.15) is 0 Å². The highest BCUT2D eigenvalue weighted by atomic mass is 14.7. The summed E-state index contributed by atoms with van der Waals surface area (Å²) in [6, 6.07) is 0. The molecule has 13 heavy (non-hydrogen) atoms. The molecular formula is C10H15N3. The van der Waals surface area contributed by atoms with Crippen LogP contribution in [-0.2, 0) is 0 Å². The number of hydrogen-bond acceptors (Lipinski definition) is 2. The fourth-order valence-electron chi connectivity index (χ4n) is 0.867. The Labute approximate surface area is 78.7 Å². The first-order valence-electron chi connectivity index (χ1n) is 3.93. The average Bonchev–Trinajstić information content (AvgIpc) is 2.05. The molecule has 0 unspecified atom stereocenters. The number of nitrogens with two attached hydrogens (primary N) is 1. The molecule has 0 aliphatic rings. The predicted molar refractivity (Wildman–Crippen MR) is 57.4 cm³/mol. The minimum Gasteiger partial charge on any atom is -0.384 e. The van der Waals surface area contributed by atoms with Gasteiger partial charge in [0.25, 0.3) is 0 Å². The van der Waals surface area contributed by atoms with Crippen molar-refractivity contribution in [2.24, 2.45) is 5.73 Å². The standard InChI is InChI=1S/C10H15N3/c1-4-6-9(11)8(5-2)7(3)10(12)13/h4-6,11H,2H2,1,3H3,(H3,12,13)/b6-4-,8-7-,11-9?. The van der Waals surface area contributed by atoms with Crippen LogP contribution in [0.5, 0.6) is 0 Å². The third kappa shape index (κ3) is 3.07. The Kier molecular flexibility index (Phi) is 4.44. The van der Waals surface area contributed by atoms with Crippen molar-refractivity contribution in [3.8, 4) is 0 Å². The molecule has 0 aromatic rings. The lowest BCUT2D eigenvalue weighted by Crippen LogP contribution is -2.14. The largest absolute Gasteiger partial charge is 0.384 e. The van der Waals surface area contributed by atoms with Crippen LogP contribution in [0.2, 0.25) is 0 Å². The van der Waals surface area contributed by atoms with Gasteiger partial charge in [0.15, 0.2) is 0 Å². The Morgan fingerprint density at radius 2 is 1.92 bits per heavy atom. The van der Waals surface area contributed by atoms with Crippen molar-refractivity contribution in [3.63, 3.8) is 0 Å². The first-order valence-corrected chi connectivity index (χ1v) is 3.93. The third-order valence-corrected chi connectivity index (χ3v) is 1.64. The molecule has 0 aliphatic heterocycles. The summed E-state index contributed by atoms with van der Waals surface area (Å²) in [4.78, 5) is 0. The summed E-state index contributed by atoms with van der Waals surface area (Å²) in [6.07, 6.45) is 4.95. The first-order chi connectivity index (χ1) is 6.04. The van der Waals surface area contributed by atoms with Crippen LogP contribution in [0.4, 0.5) is 0 Å². The zero-order valence-electron chi connectivity index (χ0n) is 8.02. The van der Waals surface area contributed by atoms with Crippen LogP contribution >= 0.6 is 0 Å². The van der Waals surface area contributed by atoms with Gasteiger partial charge in [-0.05, 0) is 25.5 Å². The van der Waals surface area contributed by atoms with Gasteiger partial charge in [-0.15, -0.1) is 0 Å². The van der Waals surface area contributed by atoms with Crippen molar-refractivity contribution < 1.29 is 0 Å². The van der Waals surface area contributed by atoms with Crippen LogP contribution in [0.1, 0.15) is 13.8 Å². The zero-order chi connectivity index (χ0) is 10.4. The first kappa shape index (κ1) is 11.4. The molecule has 3 nitrogen and oxygen atoms in total. The van der Waals surface area contributed by atoms with Gasteiger partial charge in [0.2, 0.25) is 0 Å². The van der Waals surface area contributed by atoms with Gasteiger partial charge in [0.1, 0.15) is 5.84 Å². The van der Waals surface area contributed by atoms with Gasteiger partial charge < -0.3 is 11.1 Å². The molecule has 0 aliphatic carbocycles. The maximum atomic E-state index is 7.60. The Bertz CT molecular complexity index is 295. The van der Waals surface area contributed by atoms with E-state index in [4.69, 9.17) is 16.6 Å². The van der Waals surface area contributed by atoms with Gasteiger partial charge in [0.05, 0.1) is 5.71 Å². The van der Waals surface area contributed by atoms with Gasteiger partial charge in [0, 0.05) is 5.57 Å². The summed E-state index contributed by atoms with van der Waals surface area (Å²) >= 11 is 0. The van der Waals surface area contributed by atoms with Crippen molar-refractivity contribution in [1.29, 1.82) is 10.8 Å². The maximum Gasteiger partial charge on any atom is 0.119 e. The molecule has 3 heteroatoms. The Balaban J connectivity index is 5.10. The van der Waals surface area contributed by atoms with E-state index >= 15 is 0 Å². The van der Waals surface area contributed by atoms with Crippen LogP contribution in [0, 0.1) is 10.8 Å². The monoisotopic (exact) mass is 177 g/mol. The molecule has 70 valence electrons. The van der Waals surface area contributed by atoms with Crippen LogP contribution in [0.3, 0.4) is 0 Å². The van der Waals surface area contributed by atoms with E-state index in [-0.39, 0.29) is 5.84 Å². The molecule has 4 N–H and O–H groups in total. The second-order valence-electron chi connectivity index (χ2n) is 2.57. The molecule has 0 fully saturated rings. The van der Waals surface area contributed by atoms with Gasteiger partial charge in [-0.25, -0.2) is 0 Å². The summed E-state index contributed by atoms with van der Waals surface area (Å²) in [7, 11) is 0. The van der Waals surface area contributed by atoms with Crippen molar-refractivity contribution >= 4 is 11.5 Å². The maximum absolute atomic E-state index is 7.60. The molecule has 0 spiro atoms. The second kappa shape index (κ2) is 5.09. The third-order valence-electron chi connectivity index (χ3n) is 1.64. The lowest BCUT2D eigenvalue weighted by Gasteiger charge is -2.04. The zero-order valence-corrected chi connectivity index (χ0v) is 8.02. The van der Waals surface area contributed by atoms with Crippen molar-refractivity contribution in [1.82, 2.24) is 0 Å². The summed E-state index contributed by atoms with van der Waals surface area (Å²) in [5.74, 6) is -0.0239. The van der Waals surface area contributed by atoms with E-state index in [9.17, 15) is 0 Å². The quantitative estimate of drug-likeness (QED) is 0.343. The smallest absolute Gasteiger partial charge is 0.119 e. The summed E-state index contributed by atoms with van der Waals surface area (Å²) < 4.78 is 0. The summed E-state index contributed by atoms with van der Waals surface area (Å²) in [5, 5.41) is 14.8. The molecule has 0 heterocycles. The minimum absolute atomic E-state index is 0.0239. The Hall–Kier alpha value is -1.64. The van der Waals surface area contributed by atoms with Gasteiger partial charge >= 0.3 is 0 Å². The molecule has 0 saturated heterocycles. The van der Waals surface area contributed by atoms with Crippen LogP contribution in [0.25, 0.3) is 0 Å². The molecule has 0 rings (SSSR count). The topological polar surface area (TPSA) is 73.7 Å². The van der Waals surface area contributed by atoms with E-state index in [1.165, 1.54) is 0 Å². The fraction of sp³-hybridized carbons (Fsp3) is 0.200. The van der Waals surface area contributed by atoms with Crippen LogP contribution in [0.15, 0.2) is 36.0 Å². The highest BCUT2D eigenvalue weighted by Crippen LogP contribution is 2.07. The lowest BCUT2D eigenvalue weighted by atomic mass is 10.0. The van der Waals surface area contributed by atoms with E-state index in [0.717, 1.165) is 0 Å². The highest BCUT2D eigenvalue weighted by molar-refractivity contribution is 6.13. The molecular weight excluding hydrogens is 162 g/mol. The number of nitrogens with one attached hydrogen (secondary N) is 2. The van der Waals surface area contributed by atoms with Crippen LogP contribution in [-0.4, -0.2) is 11.5 Å². The highest BCUT2D eigenvalue weighted by Gasteiger charge is 2.04. The average molecular weight is 177 g/mol. The molecule has 0 radical (unpaired) electrons. The molecule has 0 saturated carbocycles. The van der Waals surface area contributed by atoms with E-state index in [0.29, 0.717) is 16.9 Å². The normalized spacial score (nSPS) is 12.5. The fourth-order valence-corrected chi connectivity index (χ4v) is 0.867. The summed E-state index contributed by atoms with van der Waals surface area (Å²) in [6.45, 7) is 7.12. The van der Waals surface area contributed by atoms with Crippen molar-refractivity contribution in [2.45, 2.75) is 13.8 Å². The lowest BCUT2D eigenvalue weighted by molar-refractivity contribution is 1.37. The number of hydrogen-bond donors (Lipinski definition) is 3. The number of rotatable bonds is 4. The van der Waals surface area contributed by atoms with Crippen molar-refractivity contribution in [3.05, 3.63) is 36.0 Å². The number of amidine groups is 1. The van der Waals surface area contributed by atoms with Crippen molar-refractivity contribution in [2.75, 3.05) is 0 Å². The van der Waals surface area contributed by atoms with Crippen LogP contribution < -0.4 is 5.73 Å². The minimum atomic E-state index is -0.0239. The Morgan fingerprint density at radius 3 is 2.23 bits per heavy atom. The van der Waals surface area contributed by atoms with E-state index in [1.54, 1.807) is 25.2 Å². The number of allylic oxidation sites excluding steroid dienone is 4. The van der Waals surface area contributed by atoms with E-state index in [2.05, 4.69) is 6.58 Å². The molecule has 0 aromatic heterocycles. The molecule has 0 amide bonds. The van der Waals surface area contributed by atoms with Gasteiger partial charge in [-0.1, -0.05) is 18.7 Å². The summed E-state index contributed by atoms with van der Waals surface area (Å²) in [5.41, 5.74) is 6.81. The Morgan fingerprint density at radius 1 is 1.38 bits per heavy atom. The van der Waals surface area contributed by atoms with E-state index in [1.807, 2.05) is 6.92 Å². The molecule has 0 atom stereocenters. The van der Waals surface area contributed by atoms with E-state index < -0.39 is 0 Å². The molecule has 0 bridgehead atoms. The molecule has 0 aromatic carbocycles. The predicted octanol–water partition coefficient (Wildman–Crippen LogP) is 2.02. The SMILES string of the molecule is C=C/C(C(=N)/C=C\C)=C(\C)C(=N)N. The second-order valence-corrected chi connectivity index (χ2v) is 2.57.